The summed E-state index contributed by atoms with van der Waals surface area (Å²) in [6.07, 6.45) is 10.8. The number of hydrogen-bond acceptors (Lipinski definition) is 6. The zero-order chi connectivity index (χ0) is 17.5. The number of rotatable bonds is 6. The van der Waals surface area contributed by atoms with E-state index < -0.39 is 5.91 Å². The molecular formula is C18H29Cl2N5O2. The molecule has 9 heteroatoms. The highest BCUT2D eigenvalue weighted by molar-refractivity contribution is 5.90. The Kier molecular flexibility index (Phi) is 10.6. The lowest BCUT2D eigenvalue weighted by atomic mass is 9.89. The molecular weight excluding hydrogens is 389 g/mol. The summed E-state index contributed by atoms with van der Waals surface area (Å²) < 4.78 is 0. The second-order valence-corrected chi connectivity index (χ2v) is 7.05. The lowest BCUT2D eigenvalue weighted by molar-refractivity contribution is -0.124. The Hall–Kier alpha value is -1.41. The number of likely N-dealkylation sites (tertiary alicyclic amines) is 1. The average Bonchev–Trinajstić information content (AvgIpc) is 3.08. The zero-order valence-corrected chi connectivity index (χ0v) is 17.0. The van der Waals surface area contributed by atoms with Crippen molar-refractivity contribution < 1.29 is 10.0 Å². The minimum Gasteiger partial charge on any atom is -0.365 e. The van der Waals surface area contributed by atoms with Crippen molar-refractivity contribution in [2.45, 2.75) is 44.6 Å². The number of anilines is 1. The Morgan fingerprint density at radius 1 is 1.19 bits per heavy atom. The van der Waals surface area contributed by atoms with E-state index in [-0.39, 0.29) is 24.8 Å². The van der Waals surface area contributed by atoms with Crippen LogP contribution in [0.3, 0.4) is 0 Å². The number of carbonyl (C=O) groups excluding carboxylic acids is 1. The van der Waals surface area contributed by atoms with Gasteiger partial charge in [0.1, 0.15) is 5.82 Å². The van der Waals surface area contributed by atoms with Gasteiger partial charge in [0, 0.05) is 31.8 Å². The number of halogens is 2. The van der Waals surface area contributed by atoms with Gasteiger partial charge < -0.3 is 10.2 Å². The first-order chi connectivity index (χ1) is 12.2. The van der Waals surface area contributed by atoms with Gasteiger partial charge in [-0.2, -0.15) is 0 Å². The lowest BCUT2D eigenvalue weighted by Crippen LogP contribution is -2.31. The standard InChI is InChI=1S/C18H27N5O2.2ClH/c24-18(22-25)9-7-15-6-8-17(21-20-15)19-16-10-11-23(13-16)12-14-4-2-1-3-5-14;;/h6-9,14,16,25H,1-5,10-13H2,(H,19,21)(H,22,24);2*1H/t16-;;/m1../s1. The van der Waals surface area contributed by atoms with Crippen molar-refractivity contribution in [2.75, 3.05) is 25.0 Å². The van der Waals surface area contributed by atoms with Crippen molar-refractivity contribution in [1.82, 2.24) is 20.6 Å². The molecule has 0 bridgehead atoms. The molecule has 2 aliphatic rings. The van der Waals surface area contributed by atoms with Gasteiger partial charge in [-0.05, 0) is 43.4 Å². The molecule has 1 saturated heterocycles. The fraction of sp³-hybridized carbons (Fsp3) is 0.611. The summed E-state index contributed by atoms with van der Waals surface area (Å²) in [5, 5.41) is 20.1. The molecule has 7 nitrogen and oxygen atoms in total. The summed E-state index contributed by atoms with van der Waals surface area (Å²) in [6.45, 7) is 3.45. The van der Waals surface area contributed by atoms with E-state index in [1.54, 1.807) is 6.07 Å². The third-order valence-electron chi connectivity index (χ3n) is 5.07. The van der Waals surface area contributed by atoms with Gasteiger partial charge in [0.15, 0.2) is 0 Å². The summed E-state index contributed by atoms with van der Waals surface area (Å²) >= 11 is 0. The van der Waals surface area contributed by atoms with Gasteiger partial charge in [0.25, 0.3) is 5.91 Å². The molecule has 1 aromatic heterocycles. The van der Waals surface area contributed by atoms with Crippen LogP contribution in [-0.4, -0.2) is 51.9 Å². The monoisotopic (exact) mass is 417 g/mol. The van der Waals surface area contributed by atoms with Gasteiger partial charge in [-0.15, -0.1) is 35.0 Å². The third kappa shape index (κ3) is 7.62. The summed E-state index contributed by atoms with van der Waals surface area (Å²) in [4.78, 5) is 13.5. The Morgan fingerprint density at radius 3 is 2.63 bits per heavy atom. The number of amides is 1. The number of aromatic nitrogens is 2. The SMILES string of the molecule is Cl.Cl.O=C(C=Cc1ccc(N[C@@H]2CCN(CC3CCCCC3)C2)nn1)NO. The molecule has 0 spiro atoms. The second-order valence-electron chi connectivity index (χ2n) is 7.05. The number of nitrogens with one attached hydrogen (secondary N) is 2. The molecule has 1 amide bonds. The summed E-state index contributed by atoms with van der Waals surface area (Å²) in [7, 11) is 0. The fourth-order valence-electron chi connectivity index (χ4n) is 3.77. The van der Waals surface area contributed by atoms with Crippen LogP contribution in [0.2, 0.25) is 0 Å². The average molecular weight is 418 g/mol. The molecule has 2 heterocycles. The molecule has 3 rings (SSSR count). The van der Waals surface area contributed by atoms with Crippen molar-refractivity contribution in [3.8, 4) is 0 Å². The van der Waals surface area contributed by atoms with E-state index in [0.717, 1.165) is 31.2 Å². The van der Waals surface area contributed by atoms with Crippen LogP contribution in [0.25, 0.3) is 6.08 Å². The van der Waals surface area contributed by atoms with E-state index in [9.17, 15) is 4.79 Å². The highest BCUT2D eigenvalue weighted by atomic mass is 35.5. The summed E-state index contributed by atoms with van der Waals surface area (Å²) in [5.41, 5.74) is 2.11. The van der Waals surface area contributed by atoms with Crippen LogP contribution in [0.15, 0.2) is 18.2 Å². The van der Waals surface area contributed by atoms with Crippen molar-refractivity contribution in [3.05, 3.63) is 23.9 Å². The number of hydrogen-bond donors (Lipinski definition) is 3. The molecule has 1 aromatic rings. The molecule has 1 atom stereocenters. The fourth-order valence-corrected chi connectivity index (χ4v) is 3.77. The highest BCUT2D eigenvalue weighted by Gasteiger charge is 2.25. The Morgan fingerprint density at radius 2 is 1.96 bits per heavy atom. The maximum atomic E-state index is 10.9. The Labute approximate surface area is 172 Å². The molecule has 0 unspecified atom stereocenters. The smallest absolute Gasteiger partial charge is 0.267 e. The zero-order valence-electron chi connectivity index (χ0n) is 15.3. The topological polar surface area (TPSA) is 90.4 Å². The molecule has 152 valence electrons. The van der Waals surface area contributed by atoms with E-state index in [2.05, 4.69) is 20.4 Å². The first kappa shape index (κ1) is 23.6. The van der Waals surface area contributed by atoms with E-state index in [1.165, 1.54) is 56.3 Å². The van der Waals surface area contributed by atoms with Crippen LogP contribution in [0.5, 0.6) is 0 Å². The van der Waals surface area contributed by atoms with Crippen molar-refractivity contribution in [3.63, 3.8) is 0 Å². The Balaban J connectivity index is 0.00000182. The Bertz CT molecular complexity index is 594. The van der Waals surface area contributed by atoms with Crippen LogP contribution in [0.1, 0.15) is 44.2 Å². The maximum absolute atomic E-state index is 10.9. The molecule has 0 radical (unpaired) electrons. The summed E-state index contributed by atoms with van der Waals surface area (Å²) in [5.74, 6) is 1.05. The van der Waals surface area contributed by atoms with Crippen LogP contribution in [-0.2, 0) is 4.79 Å². The normalized spacial score (nSPS) is 20.7. The van der Waals surface area contributed by atoms with Crippen LogP contribution < -0.4 is 10.8 Å². The molecule has 1 aliphatic heterocycles. The molecule has 2 fully saturated rings. The lowest BCUT2D eigenvalue weighted by Gasteiger charge is -2.26. The van der Waals surface area contributed by atoms with Gasteiger partial charge in [-0.1, -0.05) is 19.3 Å². The van der Waals surface area contributed by atoms with Gasteiger partial charge in [-0.3, -0.25) is 10.0 Å². The minimum absolute atomic E-state index is 0. The van der Waals surface area contributed by atoms with Crippen molar-refractivity contribution >= 4 is 42.6 Å². The second kappa shape index (κ2) is 12.1. The van der Waals surface area contributed by atoms with Crippen molar-refractivity contribution in [1.29, 1.82) is 0 Å². The highest BCUT2D eigenvalue weighted by Crippen LogP contribution is 2.26. The molecule has 1 saturated carbocycles. The molecule has 1 aliphatic carbocycles. The van der Waals surface area contributed by atoms with Crippen LogP contribution in [0, 0.1) is 5.92 Å². The van der Waals surface area contributed by atoms with Gasteiger partial charge in [0.2, 0.25) is 0 Å². The van der Waals surface area contributed by atoms with Gasteiger partial charge in [-0.25, -0.2) is 5.48 Å². The van der Waals surface area contributed by atoms with Gasteiger partial charge >= 0.3 is 0 Å². The number of nitrogens with zero attached hydrogens (tertiary/aromatic N) is 3. The van der Waals surface area contributed by atoms with Gasteiger partial charge in [0.05, 0.1) is 5.69 Å². The number of carbonyl (C=O) groups is 1. The number of hydroxylamine groups is 1. The van der Waals surface area contributed by atoms with Crippen LogP contribution in [0.4, 0.5) is 5.82 Å². The van der Waals surface area contributed by atoms with Crippen LogP contribution >= 0.6 is 24.8 Å². The van der Waals surface area contributed by atoms with Crippen molar-refractivity contribution in [2.24, 2.45) is 5.92 Å². The first-order valence-electron chi connectivity index (χ1n) is 9.17. The van der Waals surface area contributed by atoms with E-state index in [0.29, 0.717) is 11.7 Å². The molecule has 0 aromatic carbocycles. The third-order valence-corrected chi connectivity index (χ3v) is 5.07. The summed E-state index contributed by atoms with van der Waals surface area (Å²) in [6, 6.07) is 4.08. The first-order valence-corrected chi connectivity index (χ1v) is 9.17. The predicted molar refractivity (Wildman–Crippen MR) is 111 cm³/mol. The predicted octanol–water partition coefficient (Wildman–Crippen LogP) is 2.91. The van der Waals surface area contributed by atoms with E-state index in [1.807, 2.05) is 6.07 Å². The quantitative estimate of drug-likeness (QED) is 0.374. The maximum Gasteiger partial charge on any atom is 0.267 e. The largest absolute Gasteiger partial charge is 0.365 e. The minimum atomic E-state index is -0.590. The molecule has 3 N–H and O–H groups in total. The molecule has 27 heavy (non-hydrogen) atoms. The van der Waals surface area contributed by atoms with E-state index in [4.69, 9.17) is 5.21 Å². The van der Waals surface area contributed by atoms with E-state index >= 15 is 0 Å².